The Kier molecular flexibility index (Phi) is 4.92. The van der Waals surface area contributed by atoms with Crippen LogP contribution in [0.2, 0.25) is 0 Å². The van der Waals surface area contributed by atoms with E-state index in [9.17, 15) is 4.79 Å². The van der Waals surface area contributed by atoms with Crippen LogP contribution in [0, 0.1) is 0 Å². The van der Waals surface area contributed by atoms with Crippen molar-refractivity contribution in [2.75, 3.05) is 5.32 Å². The second-order valence-electron chi connectivity index (χ2n) is 4.79. The molecule has 118 valence electrons. The molecule has 0 saturated carbocycles. The van der Waals surface area contributed by atoms with Gasteiger partial charge in [-0.3, -0.25) is 4.79 Å². The molecule has 2 aromatic heterocycles. The van der Waals surface area contributed by atoms with Crippen molar-refractivity contribution in [1.82, 2.24) is 19.9 Å². The quantitative estimate of drug-likeness (QED) is 0.512. The second kappa shape index (κ2) is 7.10. The molecule has 1 amide bonds. The van der Waals surface area contributed by atoms with Crippen LogP contribution < -0.4 is 5.32 Å². The fourth-order valence-electron chi connectivity index (χ4n) is 2.05. The van der Waals surface area contributed by atoms with Crippen LogP contribution in [0.3, 0.4) is 0 Å². The van der Waals surface area contributed by atoms with Gasteiger partial charge in [-0.2, -0.15) is 0 Å². The smallest absolute Gasteiger partial charge is 0.237 e. The highest BCUT2D eigenvalue weighted by Gasteiger charge is 2.20. The third-order valence-corrected chi connectivity index (χ3v) is 5.11. The van der Waals surface area contributed by atoms with Crippen LogP contribution in [0.5, 0.6) is 0 Å². The van der Waals surface area contributed by atoms with Crippen LogP contribution in [0.25, 0.3) is 11.2 Å². The van der Waals surface area contributed by atoms with E-state index in [0.717, 1.165) is 20.7 Å². The van der Waals surface area contributed by atoms with Gasteiger partial charge in [-0.05, 0) is 30.7 Å². The lowest BCUT2D eigenvalue weighted by atomic mass is 10.3. The molecular formula is C15H14BrN5OS. The van der Waals surface area contributed by atoms with Crippen LogP contribution in [-0.4, -0.2) is 31.1 Å². The average molecular weight is 392 g/mol. The predicted molar refractivity (Wildman–Crippen MR) is 94.4 cm³/mol. The molecular weight excluding hydrogens is 378 g/mol. The summed E-state index contributed by atoms with van der Waals surface area (Å²) in [5.74, 6) is -0.0499. The van der Waals surface area contributed by atoms with Crippen LogP contribution >= 0.6 is 27.7 Å². The first kappa shape index (κ1) is 15.9. The number of nitrogens with zero attached hydrogens (tertiary/aromatic N) is 3. The molecule has 0 aliphatic carbocycles. The molecule has 6 nitrogen and oxygen atoms in total. The maximum Gasteiger partial charge on any atom is 0.237 e. The average Bonchev–Trinajstić information content (AvgIpc) is 3.04. The molecule has 0 spiro atoms. The number of amides is 1. The van der Waals surface area contributed by atoms with Crippen molar-refractivity contribution in [2.24, 2.45) is 0 Å². The number of hydrogen-bond acceptors (Lipinski definition) is 5. The highest BCUT2D eigenvalue weighted by molar-refractivity contribution is 9.10. The molecule has 0 saturated heterocycles. The lowest BCUT2D eigenvalue weighted by Gasteiger charge is -2.14. The number of rotatable bonds is 5. The number of benzene rings is 1. The number of fused-ring (bicyclic) bond motifs is 1. The van der Waals surface area contributed by atoms with Crippen molar-refractivity contribution in [1.29, 1.82) is 0 Å². The molecule has 1 atom stereocenters. The minimum absolute atomic E-state index is 0.0499. The zero-order valence-corrected chi connectivity index (χ0v) is 14.7. The normalized spacial score (nSPS) is 12.3. The predicted octanol–water partition coefficient (Wildman–Crippen LogP) is 3.62. The maximum absolute atomic E-state index is 12.5. The minimum atomic E-state index is -0.250. The summed E-state index contributed by atoms with van der Waals surface area (Å²) < 4.78 is 0.972. The molecule has 0 unspecified atom stereocenters. The van der Waals surface area contributed by atoms with Gasteiger partial charge in [0.25, 0.3) is 0 Å². The molecule has 2 N–H and O–H groups in total. The molecule has 3 rings (SSSR count). The number of carbonyl (C=O) groups excluding carboxylic acids is 1. The number of carbonyl (C=O) groups is 1. The van der Waals surface area contributed by atoms with Crippen molar-refractivity contribution in [3.05, 3.63) is 41.4 Å². The van der Waals surface area contributed by atoms with E-state index >= 15 is 0 Å². The summed E-state index contributed by atoms with van der Waals surface area (Å²) in [5.41, 5.74) is 2.13. The van der Waals surface area contributed by atoms with Crippen LogP contribution in [0.4, 0.5) is 5.69 Å². The standard InChI is InChI=1S/C15H14BrN5OS/c1-2-11(14(22)21-10-5-3-9(16)4-6-10)23-15-12-13(18-7-17-12)19-8-20-15/h3-8,11H,2H2,1H3,(H,21,22)(H,17,18,19,20)/t11-/m1/s1. The molecule has 0 radical (unpaired) electrons. The van der Waals surface area contributed by atoms with Crippen molar-refractivity contribution >= 4 is 50.5 Å². The number of aromatic amines is 1. The highest BCUT2D eigenvalue weighted by atomic mass is 79.9. The Balaban J connectivity index is 1.75. The van der Waals surface area contributed by atoms with Crippen LogP contribution in [0.15, 0.2) is 46.4 Å². The number of hydrogen-bond donors (Lipinski definition) is 2. The van der Waals surface area contributed by atoms with Crippen molar-refractivity contribution in [3.8, 4) is 0 Å². The van der Waals surface area contributed by atoms with E-state index in [1.165, 1.54) is 18.1 Å². The zero-order valence-electron chi connectivity index (χ0n) is 12.3. The van der Waals surface area contributed by atoms with E-state index in [4.69, 9.17) is 0 Å². The Morgan fingerprint density at radius 1 is 1.30 bits per heavy atom. The van der Waals surface area contributed by atoms with E-state index in [1.54, 1.807) is 6.33 Å². The number of thioether (sulfide) groups is 1. The third kappa shape index (κ3) is 3.70. The number of imidazole rings is 1. The molecule has 1 aromatic carbocycles. The molecule has 2 heterocycles. The van der Waals surface area contributed by atoms with Gasteiger partial charge in [-0.25, -0.2) is 15.0 Å². The monoisotopic (exact) mass is 391 g/mol. The maximum atomic E-state index is 12.5. The SMILES string of the molecule is CC[C@@H](Sc1ncnc2nc[nH]c12)C(=O)Nc1ccc(Br)cc1. The molecule has 23 heavy (non-hydrogen) atoms. The highest BCUT2D eigenvalue weighted by Crippen LogP contribution is 2.28. The van der Waals surface area contributed by atoms with E-state index in [1.807, 2.05) is 31.2 Å². The number of nitrogens with one attached hydrogen (secondary N) is 2. The van der Waals surface area contributed by atoms with Gasteiger partial charge in [-0.1, -0.05) is 34.6 Å². The van der Waals surface area contributed by atoms with E-state index in [-0.39, 0.29) is 11.2 Å². The number of anilines is 1. The van der Waals surface area contributed by atoms with Crippen molar-refractivity contribution in [3.63, 3.8) is 0 Å². The summed E-state index contributed by atoms with van der Waals surface area (Å²) in [4.78, 5) is 28.0. The fourth-order valence-corrected chi connectivity index (χ4v) is 3.29. The Hall–Kier alpha value is -1.93. The molecule has 0 fully saturated rings. The fraction of sp³-hybridized carbons (Fsp3) is 0.200. The largest absolute Gasteiger partial charge is 0.341 e. The topological polar surface area (TPSA) is 83.6 Å². The minimum Gasteiger partial charge on any atom is -0.341 e. The lowest BCUT2D eigenvalue weighted by Crippen LogP contribution is -2.24. The van der Waals surface area contributed by atoms with Gasteiger partial charge in [0, 0.05) is 10.2 Å². The summed E-state index contributed by atoms with van der Waals surface area (Å²) in [6, 6.07) is 7.50. The molecule has 0 bridgehead atoms. The molecule has 3 aromatic rings. The summed E-state index contributed by atoms with van der Waals surface area (Å²) >= 11 is 4.79. The molecule has 0 aliphatic rings. The summed E-state index contributed by atoms with van der Waals surface area (Å²) in [6.07, 6.45) is 3.73. The van der Waals surface area contributed by atoms with Gasteiger partial charge in [0.15, 0.2) is 5.65 Å². The first-order chi connectivity index (χ1) is 11.2. The Bertz CT molecular complexity index is 820. The number of aromatic nitrogens is 4. The van der Waals surface area contributed by atoms with Gasteiger partial charge in [-0.15, -0.1) is 0 Å². The molecule has 8 heteroatoms. The zero-order chi connectivity index (χ0) is 16.2. The summed E-state index contributed by atoms with van der Waals surface area (Å²) in [5, 5.41) is 3.41. The first-order valence-electron chi connectivity index (χ1n) is 7.04. The Morgan fingerprint density at radius 3 is 2.83 bits per heavy atom. The van der Waals surface area contributed by atoms with Crippen LogP contribution in [0.1, 0.15) is 13.3 Å². The third-order valence-electron chi connectivity index (χ3n) is 3.22. The van der Waals surface area contributed by atoms with Crippen LogP contribution in [-0.2, 0) is 4.79 Å². The van der Waals surface area contributed by atoms with Gasteiger partial charge >= 0.3 is 0 Å². The number of H-pyrrole nitrogens is 1. The number of halogens is 1. The second-order valence-corrected chi connectivity index (χ2v) is 6.90. The van der Waals surface area contributed by atoms with E-state index in [2.05, 4.69) is 41.2 Å². The van der Waals surface area contributed by atoms with E-state index < -0.39 is 0 Å². The molecule has 0 aliphatic heterocycles. The van der Waals surface area contributed by atoms with E-state index in [0.29, 0.717) is 12.1 Å². The van der Waals surface area contributed by atoms with Gasteiger partial charge in [0.2, 0.25) is 5.91 Å². The summed E-state index contributed by atoms with van der Waals surface area (Å²) in [6.45, 7) is 1.98. The van der Waals surface area contributed by atoms with Crippen molar-refractivity contribution in [2.45, 2.75) is 23.6 Å². The Morgan fingerprint density at radius 2 is 2.09 bits per heavy atom. The van der Waals surface area contributed by atoms with Gasteiger partial charge < -0.3 is 10.3 Å². The lowest BCUT2D eigenvalue weighted by molar-refractivity contribution is -0.115. The first-order valence-corrected chi connectivity index (χ1v) is 8.72. The summed E-state index contributed by atoms with van der Waals surface area (Å²) in [7, 11) is 0. The Labute approximate surface area is 145 Å². The van der Waals surface area contributed by atoms with Gasteiger partial charge in [0.05, 0.1) is 11.6 Å². The van der Waals surface area contributed by atoms with Crippen molar-refractivity contribution < 1.29 is 4.79 Å². The van der Waals surface area contributed by atoms with Gasteiger partial charge in [0.1, 0.15) is 16.9 Å².